The summed E-state index contributed by atoms with van der Waals surface area (Å²) in [5.74, 6) is -1.27. The average Bonchev–Trinajstić information content (AvgIpc) is 3.46. The molecule has 0 unspecified atom stereocenters. The maximum absolute atomic E-state index is 13.5. The molecule has 1 N–H and O–H groups in total. The maximum Gasteiger partial charge on any atom is 0.252 e. The first-order valence-corrected chi connectivity index (χ1v) is 12.3. The standard InChI is InChI=1S/C27H31N3O6/c1-26(2)33-20-21(34-26)23-25(36-27(3,4)35-23)32-22(20)24(31)28-14-19-29-17-12-8-9-13-18(17)30(19)15-16-10-6-5-7-11-16/h5-13,20-23,25H,14-15H2,1-4H3,(H,28,31)/t20-,21+,22+,23+,25+/m1/s1. The highest BCUT2D eigenvalue weighted by molar-refractivity contribution is 5.82. The number of nitrogens with zero attached hydrogens (tertiary/aromatic N) is 2. The van der Waals surface area contributed by atoms with Crippen molar-refractivity contribution in [2.24, 2.45) is 0 Å². The first-order valence-electron chi connectivity index (χ1n) is 12.3. The number of carbonyl (C=O) groups is 1. The molecule has 0 aliphatic carbocycles. The third-order valence-electron chi connectivity index (χ3n) is 6.75. The van der Waals surface area contributed by atoms with Crippen molar-refractivity contribution in [1.29, 1.82) is 0 Å². The van der Waals surface area contributed by atoms with Crippen LogP contribution in [0.3, 0.4) is 0 Å². The fraction of sp³-hybridized carbons (Fsp3) is 0.481. The van der Waals surface area contributed by atoms with E-state index in [0.29, 0.717) is 6.54 Å². The average molecular weight is 494 g/mol. The number of benzene rings is 2. The van der Waals surface area contributed by atoms with E-state index in [0.717, 1.165) is 22.4 Å². The molecule has 3 fully saturated rings. The molecule has 2 aromatic carbocycles. The van der Waals surface area contributed by atoms with Crippen molar-refractivity contribution in [3.8, 4) is 0 Å². The Morgan fingerprint density at radius 3 is 2.36 bits per heavy atom. The highest BCUT2D eigenvalue weighted by atomic mass is 16.9. The lowest BCUT2D eigenvalue weighted by Gasteiger charge is -2.36. The van der Waals surface area contributed by atoms with Crippen molar-refractivity contribution >= 4 is 16.9 Å². The summed E-state index contributed by atoms with van der Waals surface area (Å²) in [6.45, 7) is 8.16. The minimum Gasteiger partial charge on any atom is -0.347 e. The summed E-state index contributed by atoms with van der Waals surface area (Å²) >= 11 is 0. The molecule has 1 aromatic heterocycles. The molecule has 9 nitrogen and oxygen atoms in total. The van der Waals surface area contributed by atoms with Gasteiger partial charge in [0.25, 0.3) is 5.91 Å². The van der Waals surface area contributed by atoms with Crippen LogP contribution >= 0.6 is 0 Å². The summed E-state index contributed by atoms with van der Waals surface area (Å²) in [6.07, 6.45) is -3.23. The van der Waals surface area contributed by atoms with Gasteiger partial charge >= 0.3 is 0 Å². The molecular weight excluding hydrogens is 462 g/mol. The zero-order valence-electron chi connectivity index (χ0n) is 20.8. The zero-order valence-corrected chi connectivity index (χ0v) is 20.8. The molecule has 0 saturated carbocycles. The SMILES string of the molecule is CC1(C)O[C@@H]2O[C@H](C(=O)NCc3nc4ccccc4n3Cc3ccccc3)[C@@H]3OC(C)(C)O[C@@H]3[C@@H]2O1. The summed E-state index contributed by atoms with van der Waals surface area (Å²) < 4.78 is 32.4. The lowest BCUT2D eigenvalue weighted by atomic mass is 9.98. The Morgan fingerprint density at radius 2 is 1.56 bits per heavy atom. The van der Waals surface area contributed by atoms with Gasteiger partial charge in [0.2, 0.25) is 0 Å². The third-order valence-corrected chi connectivity index (χ3v) is 6.75. The largest absolute Gasteiger partial charge is 0.347 e. The number of hydrogen-bond donors (Lipinski definition) is 1. The summed E-state index contributed by atoms with van der Waals surface area (Å²) in [5, 5.41) is 3.02. The second-order valence-corrected chi connectivity index (χ2v) is 10.4. The van der Waals surface area contributed by atoms with Crippen LogP contribution in [0.15, 0.2) is 54.6 Å². The van der Waals surface area contributed by atoms with E-state index < -0.39 is 42.3 Å². The van der Waals surface area contributed by atoms with Crippen LogP contribution < -0.4 is 5.32 Å². The number of para-hydroxylation sites is 2. The number of hydrogen-bond acceptors (Lipinski definition) is 7. The van der Waals surface area contributed by atoms with Crippen molar-refractivity contribution in [1.82, 2.24) is 14.9 Å². The van der Waals surface area contributed by atoms with Crippen LogP contribution in [0.25, 0.3) is 11.0 Å². The highest BCUT2D eigenvalue weighted by Crippen LogP contribution is 2.44. The first kappa shape index (κ1) is 23.6. The molecule has 3 aromatic rings. The summed E-state index contributed by atoms with van der Waals surface area (Å²) in [4.78, 5) is 18.2. The van der Waals surface area contributed by atoms with E-state index >= 15 is 0 Å². The molecule has 5 atom stereocenters. The monoisotopic (exact) mass is 493 g/mol. The second kappa shape index (κ2) is 8.64. The maximum atomic E-state index is 13.5. The van der Waals surface area contributed by atoms with Crippen molar-refractivity contribution in [3.05, 3.63) is 66.0 Å². The molecule has 4 heterocycles. The van der Waals surface area contributed by atoms with Crippen LogP contribution in [0.1, 0.15) is 39.1 Å². The smallest absolute Gasteiger partial charge is 0.252 e. The van der Waals surface area contributed by atoms with Gasteiger partial charge in [0.05, 0.1) is 17.6 Å². The number of nitrogens with one attached hydrogen (secondary N) is 1. The number of amides is 1. The van der Waals surface area contributed by atoms with Gasteiger partial charge in [0.15, 0.2) is 24.0 Å². The number of ether oxygens (including phenoxy) is 5. The second-order valence-electron chi connectivity index (χ2n) is 10.4. The van der Waals surface area contributed by atoms with Gasteiger partial charge in [0.1, 0.15) is 24.1 Å². The van der Waals surface area contributed by atoms with Gasteiger partial charge in [-0.2, -0.15) is 0 Å². The van der Waals surface area contributed by atoms with Crippen molar-refractivity contribution < 1.29 is 28.5 Å². The molecule has 9 heteroatoms. The van der Waals surface area contributed by atoms with E-state index in [1.54, 1.807) is 0 Å². The van der Waals surface area contributed by atoms with Crippen LogP contribution in [-0.4, -0.2) is 57.7 Å². The minimum absolute atomic E-state index is 0.235. The predicted octanol–water partition coefficient (Wildman–Crippen LogP) is 3.10. The van der Waals surface area contributed by atoms with Crippen molar-refractivity contribution in [2.45, 2.75) is 83.1 Å². The van der Waals surface area contributed by atoms with Crippen LogP contribution in [0.4, 0.5) is 0 Å². The van der Waals surface area contributed by atoms with E-state index in [-0.39, 0.29) is 12.5 Å². The van der Waals surface area contributed by atoms with Crippen LogP contribution in [-0.2, 0) is 41.6 Å². The van der Waals surface area contributed by atoms with Crippen LogP contribution in [0.5, 0.6) is 0 Å². The Bertz CT molecular complexity index is 1270. The lowest BCUT2D eigenvalue weighted by molar-refractivity contribution is -0.231. The normalized spacial score (nSPS) is 30.2. The Morgan fingerprint density at radius 1 is 0.889 bits per heavy atom. The summed E-state index contributed by atoms with van der Waals surface area (Å²) in [7, 11) is 0. The Hall–Kier alpha value is -2.82. The van der Waals surface area contributed by atoms with Gasteiger partial charge in [0, 0.05) is 6.54 Å². The quantitative estimate of drug-likeness (QED) is 0.584. The Balaban J connectivity index is 1.23. The van der Waals surface area contributed by atoms with E-state index in [1.807, 2.05) is 70.2 Å². The zero-order chi connectivity index (χ0) is 25.1. The lowest BCUT2D eigenvalue weighted by Crippen LogP contribution is -2.59. The molecule has 3 aliphatic heterocycles. The number of rotatable bonds is 5. The van der Waals surface area contributed by atoms with Crippen molar-refractivity contribution in [3.63, 3.8) is 0 Å². The number of carbonyl (C=O) groups excluding carboxylic acids is 1. The fourth-order valence-corrected chi connectivity index (χ4v) is 5.29. The Labute approximate surface area is 209 Å². The molecular formula is C27H31N3O6. The van der Waals surface area contributed by atoms with E-state index in [4.69, 9.17) is 28.7 Å². The molecule has 3 saturated heterocycles. The highest BCUT2D eigenvalue weighted by Gasteiger charge is 2.62. The minimum atomic E-state index is -0.914. The number of aromatic nitrogens is 2. The molecule has 3 aliphatic rings. The van der Waals surface area contributed by atoms with Crippen molar-refractivity contribution in [2.75, 3.05) is 0 Å². The predicted molar refractivity (Wildman–Crippen MR) is 130 cm³/mol. The topological polar surface area (TPSA) is 93.1 Å². The van der Waals surface area contributed by atoms with E-state index in [1.165, 1.54) is 0 Å². The van der Waals surface area contributed by atoms with E-state index in [9.17, 15) is 4.79 Å². The number of imidazole rings is 1. The number of fused-ring (bicyclic) bond motifs is 4. The van der Waals surface area contributed by atoms with E-state index in [2.05, 4.69) is 22.0 Å². The molecule has 0 spiro atoms. The molecule has 0 bridgehead atoms. The van der Waals surface area contributed by atoms with Gasteiger partial charge in [-0.05, 0) is 45.4 Å². The van der Waals surface area contributed by atoms with Gasteiger partial charge in [-0.25, -0.2) is 4.98 Å². The Kier molecular flexibility index (Phi) is 5.66. The molecule has 190 valence electrons. The van der Waals surface area contributed by atoms with Gasteiger partial charge in [-0.3, -0.25) is 4.79 Å². The molecule has 1 amide bonds. The van der Waals surface area contributed by atoms with Gasteiger partial charge in [-0.15, -0.1) is 0 Å². The van der Waals surface area contributed by atoms with Gasteiger partial charge < -0.3 is 33.6 Å². The first-order chi connectivity index (χ1) is 17.2. The molecule has 6 rings (SSSR count). The molecule has 0 radical (unpaired) electrons. The summed E-state index contributed by atoms with van der Waals surface area (Å²) in [6, 6.07) is 18.1. The summed E-state index contributed by atoms with van der Waals surface area (Å²) in [5.41, 5.74) is 3.04. The molecule has 36 heavy (non-hydrogen) atoms. The third kappa shape index (κ3) is 4.31. The van der Waals surface area contributed by atoms with Crippen LogP contribution in [0, 0.1) is 0 Å². The van der Waals surface area contributed by atoms with Crippen LogP contribution in [0.2, 0.25) is 0 Å². The fourth-order valence-electron chi connectivity index (χ4n) is 5.29. The van der Waals surface area contributed by atoms with Gasteiger partial charge in [-0.1, -0.05) is 42.5 Å².